The van der Waals surface area contributed by atoms with Crippen molar-refractivity contribution in [2.24, 2.45) is 4.99 Å². The minimum atomic E-state index is -5.34. The molecule has 0 saturated carbocycles. The number of ether oxygens (including phenoxy) is 1. The molecule has 0 saturated heterocycles. The van der Waals surface area contributed by atoms with Gasteiger partial charge in [-0.2, -0.15) is 26.3 Å². The summed E-state index contributed by atoms with van der Waals surface area (Å²) >= 11 is 6.42. The van der Waals surface area contributed by atoms with Crippen LogP contribution in [-0.4, -0.2) is 30.8 Å². The van der Waals surface area contributed by atoms with Gasteiger partial charge in [0.25, 0.3) is 11.5 Å². The number of allylic oxidation sites excluding steroid dienone is 3. The molecule has 1 unspecified atom stereocenters. The van der Waals surface area contributed by atoms with Crippen LogP contribution in [0.15, 0.2) is 89.6 Å². The summed E-state index contributed by atoms with van der Waals surface area (Å²) in [7, 11) is 0.693. The van der Waals surface area contributed by atoms with Crippen LogP contribution in [-0.2, 0) is 26.8 Å². The maximum atomic E-state index is 14.9. The summed E-state index contributed by atoms with van der Waals surface area (Å²) in [5.74, 6) is -3.08. The number of hydrogen-bond donors (Lipinski definition) is 1. The fourth-order valence-electron chi connectivity index (χ4n) is 5.11. The molecule has 4 nitrogen and oxygen atoms in total. The lowest BCUT2D eigenvalue weighted by molar-refractivity contribution is -0.266. The lowest BCUT2D eigenvalue weighted by Gasteiger charge is -2.40. The molecule has 1 amide bonds. The highest BCUT2D eigenvalue weighted by atomic mass is 35.5. The van der Waals surface area contributed by atoms with E-state index in [2.05, 4.69) is 16.9 Å². The lowest BCUT2D eigenvalue weighted by Crippen LogP contribution is -2.60. The van der Waals surface area contributed by atoms with E-state index in [4.69, 9.17) is 16.3 Å². The van der Waals surface area contributed by atoms with Gasteiger partial charge in [-0.05, 0) is 61.9 Å². The molecular weight excluding hydrogens is 613 g/mol. The van der Waals surface area contributed by atoms with Crippen LogP contribution >= 0.6 is 11.6 Å². The Balaban J connectivity index is 2.43. The molecule has 0 spiro atoms. The number of halogens is 8. The second-order valence-corrected chi connectivity index (χ2v) is 10.9. The van der Waals surface area contributed by atoms with Gasteiger partial charge in [0.05, 0.1) is 11.3 Å². The number of rotatable bonds is 9. The van der Waals surface area contributed by atoms with Gasteiger partial charge in [-0.1, -0.05) is 55.0 Å². The Hall–Kier alpha value is -3.44. The average Bonchev–Trinajstić information content (AvgIpc) is 2.95. The Kier molecular flexibility index (Phi) is 11.2. The SMILES string of the molecule is C=CC[C@@](NC(=O)[C@@](OC)(c1ccccc1)C(F)(F)F)(/C1=C/C=C(\CC)CC(Cl)CCC=N1)c1cc(F)cc(C(F)(F)F)c1. The number of aliphatic imine (C=N–C) groups is 1. The van der Waals surface area contributed by atoms with Crippen LogP contribution in [0.2, 0.25) is 0 Å². The summed E-state index contributed by atoms with van der Waals surface area (Å²) in [5, 5.41) is 2.08. The smallest absolute Gasteiger partial charge is 0.356 e. The molecule has 44 heavy (non-hydrogen) atoms. The van der Waals surface area contributed by atoms with Crippen molar-refractivity contribution in [2.45, 2.75) is 67.9 Å². The zero-order valence-electron chi connectivity index (χ0n) is 24.0. The molecule has 0 fully saturated rings. The molecule has 12 heteroatoms. The zero-order valence-corrected chi connectivity index (χ0v) is 24.8. The summed E-state index contributed by atoms with van der Waals surface area (Å²) in [5.41, 5.74) is -7.69. The first-order valence-electron chi connectivity index (χ1n) is 13.7. The molecule has 1 aliphatic rings. The number of nitrogens with one attached hydrogen (secondary N) is 1. The molecule has 1 heterocycles. The van der Waals surface area contributed by atoms with Gasteiger partial charge in [-0.3, -0.25) is 9.79 Å². The van der Waals surface area contributed by atoms with Crippen molar-refractivity contribution < 1.29 is 40.3 Å². The third-order valence-corrected chi connectivity index (χ3v) is 7.76. The normalized spacial score (nSPS) is 21.5. The number of amides is 1. The van der Waals surface area contributed by atoms with E-state index in [-0.39, 0.29) is 17.1 Å². The van der Waals surface area contributed by atoms with Crippen LogP contribution in [0.3, 0.4) is 0 Å². The van der Waals surface area contributed by atoms with Crippen LogP contribution in [0.4, 0.5) is 30.7 Å². The Morgan fingerprint density at radius 3 is 2.30 bits per heavy atom. The maximum Gasteiger partial charge on any atom is 0.430 e. The van der Waals surface area contributed by atoms with Gasteiger partial charge in [-0.25, -0.2) is 4.39 Å². The maximum absolute atomic E-state index is 14.9. The first kappa shape index (κ1) is 35.0. The van der Waals surface area contributed by atoms with E-state index in [0.717, 1.165) is 23.8 Å². The Morgan fingerprint density at radius 2 is 1.73 bits per heavy atom. The van der Waals surface area contributed by atoms with Crippen LogP contribution in [0.5, 0.6) is 0 Å². The van der Waals surface area contributed by atoms with Crippen molar-refractivity contribution in [1.29, 1.82) is 0 Å². The molecule has 238 valence electrons. The molecular formula is C32H32ClF7N2O2. The number of alkyl halides is 7. The molecule has 2 aromatic rings. The Labute approximate surface area is 256 Å². The van der Waals surface area contributed by atoms with Gasteiger partial charge >= 0.3 is 12.4 Å². The van der Waals surface area contributed by atoms with Crippen molar-refractivity contribution >= 4 is 23.7 Å². The summed E-state index contributed by atoms with van der Waals surface area (Å²) in [6, 6.07) is 7.61. The van der Waals surface area contributed by atoms with Crippen molar-refractivity contribution in [3.8, 4) is 0 Å². The monoisotopic (exact) mass is 644 g/mol. The lowest BCUT2D eigenvalue weighted by atomic mass is 9.80. The van der Waals surface area contributed by atoms with Gasteiger partial charge in [-0.15, -0.1) is 18.2 Å². The molecule has 3 atom stereocenters. The fourth-order valence-corrected chi connectivity index (χ4v) is 5.43. The first-order chi connectivity index (χ1) is 20.6. The van der Waals surface area contributed by atoms with E-state index < -0.39 is 58.3 Å². The predicted octanol–water partition coefficient (Wildman–Crippen LogP) is 8.92. The highest BCUT2D eigenvalue weighted by Crippen LogP contribution is 2.45. The minimum absolute atomic E-state index is 0.149. The number of nitrogens with zero attached hydrogens (tertiary/aromatic N) is 1. The predicted molar refractivity (Wildman–Crippen MR) is 156 cm³/mol. The van der Waals surface area contributed by atoms with E-state index in [1.807, 2.05) is 6.92 Å². The van der Waals surface area contributed by atoms with Gasteiger partial charge in [0.1, 0.15) is 11.4 Å². The van der Waals surface area contributed by atoms with Crippen molar-refractivity contribution in [1.82, 2.24) is 5.32 Å². The molecule has 0 aromatic heterocycles. The molecule has 0 radical (unpaired) electrons. The highest BCUT2D eigenvalue weighted by molar-refractivity contribution is 6.20. The van der Waals surface area contributed by atoms with Gasteiger partial charge in [0.2, 0.25) is 0 Å². The van der Waals surface area contributed by atoms with Crippen molar-refractivity contribution in [2.75, 3.05) is 7.11 Å². The second-order valence-electron chi connectivity index (χ2n) is 10.2. The summed E-state index contributed by atoms with van der Waals surface area (Å²) < 4.78 is 106. The number of benzene rings is 2. The zero-order chi connectivity index (χ0) is 32.8. The van der Waals surface area contributed by atoms with Crippen molar-refractivity contribution in [3.05, 3.63) is 107 Å². The number of hydrogen-bond acceptors (Lipinski definition) is 3. The molecule has 1 aliphatic heterocycles. The summed E-state index contributed by atoms with van der Waals surface area (Å²) in [6.07, 6.45) is -3.46. The highest BCUT2D eigenvalue weighted by Gasteiger charge is 2.64. The molecule has 2 aromatic carbocycles. The second kappa shape index (κ2) is 14.1. The summed E-state index contributed by atoms with van der Waals surface area (Å²) in [6.45, 7) is 5.50. The van der Waals surface area contributed by atoms with E-state index in [1.54, 1.807) is 6.08 Å². The van der Waals surface area contributed by atoms with Gasteiger partial charge in [0.15, 0.2) is 0 Å². The van der Waals surface area contributed by atoms with E-state index in [0.29, 0.717) is 38.9 Å². The standard InChI is InChI=1S/C32H32ClF7N2O2/c1-4-15-29(23-18-24(31(35,36)37)20-26(34)19-23,27-14-13-21(5-2)17-25(33)12-9-16-41-27)42-28(43)30(44-3,32(38,39)40)22-10-7-6-8-11-22/h4,6-8,10-11,13-14,16,18-20,25H,1,5,9,12,15,17H2,2-3H3,(H,42,43)/b21-13+,27-14-,41-16?/t25?,29-,30-/m0/s1. The average molecular weight is 645 g/mol. The minimum Gasteiger partial charge on any atom is -0.356 e. The van der Waals surface area contributed by atoms with E-state index in [9.17, 15) is 35.5 Å². The van der Waals surface area contributed by atoms with Gasteiger partial charge in [0, 0.05) is 24.3 Å². The number of carbonyl (C=O) groups is 1. The van der Waals surface area contributed by atoms with Crippen LogP contribution in [0.1, 0.15) is 55.7 Å². The van der Waals surface area contributed by atoms with Crippen LogP contribution < -0.4 is 5.32 Å². The molecule has 3 rings (SSSR count). The number of methoxy groups -OCH3 is 1. The van der Waals surface area contributed by atoms with Gasteiger partial charge < -0.3 is 10.1 Å². The molecule has 1 N–H and O–H groups in total. The quantitative estimate of drug-likeness (QED) is 0.168. The van der Waals surface area contributed by atoms with Crippen LogP contribution in [0, 0.1) is 5.82 Å². The van der Waals surface area contributed by atoms with Crippen LogP contribution in [0.25, 0.3) is 0 Å². The van der Waals surface area contributed by atoms with E-state index >= 15 is 0 Å². The molecule has 0 aliphatic carbocycles. The third kappa shape index (κ3) is 7.43. The van der Waals surface area contributed by atoms with E-state index in [1.165, 1.54) is 36.6 Å². The van der Waals surface area contributed by atoms with Crippen molar-refractivity contribution in [3.63, 3.8) is 0 Å². The first-order valence-corrected chi connectivity index (χ1v) is 14.1. The topological polar surface area (TPSA) is 50.7 Å². The Morgan fingerprint density at radius 1 is 1.07 bits per heavy atom. The summed E-state index contributed by atoms with van der Waals surface area (Å²) in [4.78, 5) is 18.5. The molecule has 0 bridgehead atoms. The Bertz CT molecular complexity index is 1420. The number of carbonyl (C=O) groups excluding carboxylic acids is 1. The fraction of sp³-hybridized carbons (Fsp3) is 0.375. The largest absolute Gasteiger partial charge is 0.430 e. The third-order valence-electron chi connectivity index (χ3n) is 7.39.